The minimum Gasteiger partial charge on any atom is -0.339 e. The van der Waals surface area contributed by atoms with Gasteiger partial charge in [-0.25, -0.2) is 4.98 Å². The highest BCUT2D eigenvalue weighted by molar-refractivity contribution is 5.79. The van der Waals surface area contributed by atoms with Crippen molar-refractivity contribution in [1.82, 2.24) is 24.6 Å². The number of likely N-dealkylation sites (tertiary alicyclic amines) is 1. The molecule has 6 nitrogen and oxygen atoms in total. The van der Waals surface area contributed by atoms with Gasteiger partial charge < -0.3 is 9.80 Å². The van der Waals surface area contributed by atoms with Crippen molar-refractivity contribution in [2.45, 2.75) is 44.7 Å². The van der Waals surface area contributed by atoms with Gasteiger partial charge in [0.2, 0.25) is 5.91 Å². The van der Waals surface area contributed by atoms with Crippen LogP contribution in [0.15, 0.2) is 12.7 Å². The number of amides is 1. The van der Waals surface area contributed by atoms with Crippen LogP contribution in [0.25, 0.3) is 0 Å². The Hall–Kier alpha value is -1.43. The summed E-state index contributed by atoms with van der Waals surface area (Å²) >= 11 is 0. The van der Waals surface area contributed by atoms with Crippen LogP contribution < -0.4 is 0 Å². The van der Waals surface area contributed by atoms with Crippen molar-refractivity contribution in [2.75, 3.05) is 26.7 Å². The second-order valence-corrected chi connectivity index (χ2v) is 6.48. The summed E-state index contributed by atoms with van der Waals surface area (Å²) in [6, 6.07) is 0.531. The van der Waals surface area contributed by atoms with Crippen LogP contribution in [0.5, 0.6) is 0 Å². The lowest BCUT2D eigenvalue weighted by molar-refractivity contribution is -0.129. The summed E-state index contributed by atoms with van der Waals surface area (Å²) in [4.78, 5) is 20.6. The minimum absolute atomic E-state index is 0.372. The molecule has 1 aliphatic heterocycles. The van der Waals surface area contributed by atoms with Gasteiger partial charge in [0, 0.05) is 32.1 Å². The lowest BCUT2D eigenvalue weighted by Gasteiger charge is -2.25. The number of rotatable bonds is 6. The van der Waals surface area contributed by atoms with Gasteiger partial charge in [-0.2, -0.15) is 5.10 Å². The maximum atomic E-state index is 12.2. The molecule has 0 radical (unpaired) electrons. The van der Waals surface area contributed by atoms with Gasteiger partial charge >= 0.3 is 0 Å². The van der Waals surface area contributed by atoms with Crippen LogP contribution in [0.4, 0.5) is 0 Å². The monoisotopic (exact) mass is 291 g/mol. The Bertz CT molecular complexity index is 455. The van der Waals surface area contributed by atoms with Crippen LogP contribution in [-0.2, 0) is 11.3 Å². The van der Waals surface area contributed by atoms with Crippen LogP contribution in [0.2, 0.25) is 0 Å². The molecule has 116 valence electrons. The van der Waals surface area contributed by atoms with Gasteiger partial charge in [0.05, 0.1) is 6.54 Å². The van der Waals surface area contributed by atoms with Gasteiger partial charge in [-0.1, -0.05) is 12.8 Å². The Morgan fingerprint density at radius 3 is 2.90 bits per heavy atom. The lowest BCUT2D eigenvalue weighted by Crippen LogP contribution is -2.35. The van der Waals surface area contributed by atoms with Gasteiger partial charge in [-0.05, 0) is 25.8 Å². The molecule has 1 aromatic heterocycles. The lowest BCUT2D eigenvalue weighted by atomic mass is 10.1. The molecule has 2 heterocycles. The number of hydrogen-bond acceptors (Lipinski definition) is 4. The molecular weight excluding hydrogens is 266 g/mol. The summed E-state index contributed by atoms with van der Waals surface area (Å²) in [6.07, 6.45) is 9.03. The molecule has 0 N–H and O–H groups in total. The Morgan fingerprint density at radius 1 is 1.38 bits per heavy atom. The molecule has 0 aromatic carbocycles. The van der Waals surface area contributed by atoms with Crippen molar-refractivity contribution in [2.24, 2.45) is 5.92 Å². The van der Waals surface area contributed by atoms with E-state index in [0.29, 0.717) is 17.9 Å². The van der Waals surface area contributed by atoms with E-state index < -0.39 is 0 Å². The zero-order valence-corrected chi connectivity index (χ0v) is 12.8. The van der Waals surface area contributed by atoms with E-state index in [-0.39, 0.29) is 0 Å². The molecule has 6 heteroatoms. The smallest absolute Gasteiger partial charge is 0.223 e. The summed E-state index contributed by atoms with van der Waals surface area (Å²) < 4.78 is 1.85. The van der Waals surface area contributed by atoms with Gasteiger partial charge in [-0.15, -0.1) is 0 Å². The van der Waals surface area contributed by atoms with Gasteiger partial charge in [0.25, 0.3) is 0 Å². The molecule has 0 unspecified atom stereocenters. The third-order valence-corrected chi connectivity index (χ3v) is 4.75. The predicted octanol–water partition coefficient (Wildman–Crippen LogP) is 1.00. The van der Waals surface area contributed by atoms with Crippen molar-refractivity contribution in [3.63, 3.8) is 0 Å². The molecule has 3 rings (SSSR count). The molecule has 0 bridgehead atoms. The number of carbonyl (C=O) groups excluding carboxylic acids is 1. The normalized spacial score (nSPS) is 23.6. The third-order valence-electron chi connectivity index (χ3n) is 4.75. The molecule has 1 aliphatic carbocycles. The maximum Gasteiger partial charge on any atom is 0.223 e. The fourth-order valence-corrected chi connectivity index (χ4v) is 3.65. The van der Waals surface area contributed by atoms with E-state index in [1.807, 2.05) is 4.68 Å². The quantitative estimate of drug-likeness (QED) is 0.784. The summed E-state index contributed by atoms with van der Waals surface area (Å²) in [5.74, 6) is 0.857. The Labute approximate surface area is 126 Å². The number of nitrogens with zero attached hydrogens (tertiary/aromatic N) is 5. The molecule has 1 atom stereocenters. The molecule has 1 amide bonds. The predicted molar refractivity (Wildman–Crippen MR) is 79.6 cm³/mol. The molecule has 21 heavy (non-hydrogen) atoms. The number of carbonyl (C=O) groups is 1. The molecular formula is C15H25N5O. The Kier molecular flexibility index (Phi) is 4.53. The first-order valence-corrected chi connectivity index (χ1v) is 8.03. The van der Waals surface area contributed by atoms with E-state index in [4.69, 9.17) is 0 Å². The van der Waals surface area contributed by atoms with Crippen molar-refractivity contribution in [3.05, 3.63) is 12.7 Å². The first kappa shape index (κ1) is 14.5. The highest BCUT2D eigenvalue weighted by Gasteiger charge is 2.35. The molecule has 0 spiro atoms. The standard InChI is InChI=1S/C15H25N5O/c1-18(6-7-19-12-16-11-17-19)9-13-8-15(21)20(10-13)14-4-2-3-5-14/h11-14H,2-10H2,1H3/t13-/m1/s1. The number of hydrogen-bond donors (Lipinski definition) is 0. The summed E-state index contributed by atoms with van der Waals surface area (Å²) in [5.41, 5.74) is 0. The Morgan fingerprint density at radius 2 is 2.19 bits per heavy atom. The average Bonchev–Trinajstić information content (AvgIpc) is 3.18. The highest BCUT2D eigenvalue weighted by Crippen LogP contribution is 2.29. The molecule has 1 saturated carbocycles. The zero-order valence-electron chi connectivity index (χ0n) is 12.8. The minimum atomic E-state index is 0.372. The van der Waals surface area contributed by atoms with E-state index >= 15 is 0 Å². The second-order valence-electron chi connectivity index (χ2n) is 6.48. The number of aromatic nitrogens is 3. The second kappa shape index (κ2) is 6.56. The van der Waals surface area contributed by atoms with Crippen molar-refractivity contribution in [3.8, 4) is 0 Å². The maximum absolute atomic E-state index is 12.2. The summed E-state index contributed by atoms with van der Waals surface area (Å²) in [7, 11) is 2.12. The first-order chi connectivity index (χ1) is 10.2. The molecule has 1 aromatic rings. The highest BCUT2D eigenvalue weighted by atomic mass is 16.2. The summed E-state index contributed by atoms with van der Waals surface area (Å²) in [5, 5.41) is 4.11. The summed E-state index contributed by atoms with van der Waals surface area (Å²) in [6.45, 7) is 3.74. The van der Waals surface area contributed by atoms with Gasteiger partial charge in [0.15, 0.2) is 0 Å². The average molecular weight is 291 g/mol. The molecule has 2 aliphatic rings. The SMILES string of the molecule is CN(CCn1cncn1)C[C@H]1CC(=O)N(C2CCCC2)C1. The van der Waals surface area contributed by atoms with Gasteiger partial charge in [0.1, 0.15) is 12.7 Å². The zero-order chi connectivity index (χ0) is 14.7. The van der Waals surface area contributed by atoms with E-state index in [9.17, 15) is 4.79 Å². The van der Waals surface area contributed by atoms with Crippen LogP contribution in [-0.4, -0.2) is 63.2 Å². The van der Waals surface area contributed by atoms with E-state index in [0.717, 1.165) is 32.6 Å². The Balaban J connectivity index is 1.43. The third kappa shape index (κ3) is 3.61. The number of likely N-dealkylation sites (N-methyl/N-ethyl adjacent to an activating group) is 1. The van der Waals surface area contributed by atoms with Crippen LogP contribution in [0.1, 0.15) is 32.1 Å². The van der Waals surface area contributed by atoms with Crippen molar-refractivity contribution >= 4 is 5.91 Å². The van der Waals surface area contributed by atoms with Crippen molar-refractivity contribution < 1.29 is 4.79 Å². The van der Waals surface area contributed by atoms with E-state index in [2.05, 4.69) is 26.9 Å². The van der Waals surface area contributed by atoms with Crippen LogP contribution in [0, 0.1) is 5.92 Å². The van der Waals surface area contributed by atoms with E-state index in [1.165, 1.54) is 25.7 Å². The fraction of sp³-hybridized carbons (Fsp3) is 0.800. The topological polar surface area (TPSA) is 54.3 Å². The first-order valence-electron chi connectivity index (χ1n) is 8.03. The molecule has 2 fully saturated rings. The van der Waals surface area contributed by atoms with E-state index in [1.54, 1.807) is 12.7 Å². The largest absolute Gasteiger partial charge is 0.339 e. The molecule has 1 saturated heterocycles. The van der Waals surface area contributed by atoms with Crippen molar-refractivity contribution in [1.29, 1.82) is 0 Å². The van der Waals surface area contributed by atoms with Crippen LogP contribution in [0.3, 0.4) is 0 Å². The fourth-order valence-electron chi connectivity index (χ4n) is 3.65. The van der Waals surface area contributed by atoms with Gasteiger partial charge in [-0.3, -0.25) is 9.48 Å². The van der Waals surface area contributed by atoms with Crippen LogP contribution >= 0.6 is 0 Å².